The number of hydrogen-bond acceptors (Lipinski definition) is 3. The molecule has 2 atom stereocenters. The van der Waals surface area contributed by atoms with Crippen LogP contribution in [0.1, 0.15) is 22.7 Å². The summed E-state index contributed by atoms with van der Waals surface area (Å²) in [5.74, 6) is -0.0687. The minimum absolute atomic E-state index is 0.100. The largest absolute Gasteiger partial charge is 0.324 e. The van der Waals surface area contributed by atoms with E-state index in [2.05, 4.69) is 0 Å². The van der Waals surface area contributed by atoms with E-state index in [0.717, 1.165) is 29.5 Å². The highest BCUT2D eigenvalue weighted by Gasteiger charge is 2.30. The molecule has 21 heavy (non-hydrogen) atoms. The molecular formula is C16H15FN2O2. The molecule has 3 rings (SSSR count). The second-order valence-electron chi connectivity index (χ2n) is 5.46. The molecule has 1 aliphatic carbocycles. The summed E-state index contributed by atoms with van der Waals surface area (Å²) in [7, 11) is 0. The lowest BCUT2D eigenvalue weighted by Gasteiger charge is -2.16. The van der Waals surface area contributed by atoms with E-state index in [4.69, 9.17) is 5.73 Å². The minimum atomic E-state index is -0.390. The molecule has 0 fully saturated rings. The number of nitro benzene ring substituents is 1. The van der Waals surface area contributed by atoms with Crippen LogP contribution >= 0.6 is 0 Å². The van der Waals surface area contributed by atoms with Gasteiger partial charge in [-0.1, -0.05) is 18.2 Å². The van der Waals surface area contributed by atoms with Gasteiger partial charge in [0.05, 0.1) is 4.92 Å². The topological polar surface area (TPSA) is 69.2 Å². The molecule has 0 radical (unpaired) electrons. The molecule has 0 amide bonds. The summed E-state index contributed by atoms with van der Waals surface area (Å²) >= 11 is 0. The van der Waals surface area contributed by atoms with Crippen LogP contribution in [-0.2, 0) is 12.8 Å². The van der Waals surface area contributed by atoms with Crippen LogP contribution in [0.4, 0.5) is 10.1 Å². The molecule has 0 heterocycles. The fraction of sp³-hybridized carbons (Fsp3) is 0.250. The van der Waals surface area contributed by atoms with Gasteiger partial charge in [0.15, 0.2) is 0 Å². The predicted octanol–water partition coefficient (Wildman–Crippen LogP) is 3.15. The molecule has 2 unspecified atom stereocenters. The summed E-state index contributed by atoms with van der Waals surface area (Å²) in [6.45, 7) is 0. The van der Waals surface area contributed by atoms with Crippen LogP contribution in [-0.4, -0.2) is 4.92 Å². The van der Waals surface area contributed by atoms with Gasteiger partial charge in [0.1, 0.15) is 5.82 Å². The normalized spacial score (nSPS) is 20.3. The van der Waals surface area contributed by atoms with Crippen molar-refractivity contribution in [3.63, 3.8) is 0 Å². The van der Waals surface area contributed by atoms with E-state index in [1.54, 1.807) is 24.3 Å². The van der Waals surface area contributed by atoms with Gasteiger partial charge >= 0.3 is 0 Å². The van der Waals surface area contributed by atoms with E-state index in [1.165, 1.54) is 18.2 Å². The van der Waals surface area contributed by atoms with Crippen LogP contribution in [0.25, 0.3) is 0 Å². The Morgan fingerprint density at radius 3 is 2.62 bits per heavy atom. The first kappa shape index (κ1) is 13.7. The van der Waals surface area contributed by atoms with Crippen LogP contribution in [0.2, 0.25) is 0 Å². The molecule has 5 heteroatoms. The number of hydrogen-bond donors (Lipinski definition) is 1. The summed E-state index contributed by atoms with van der Waals surface area (Å²) in [5, 5.41) is 10.8. The fourth-order valence-corrected chi connectivity index (χ4v) is 2.99. The highest BCUT2D eigenvalue weighted by atomic mass is 19.1. The number of fused-ring (bicyclic) bond motifs is 1. The second-order valence-corrected chi connectivity index (χ2v) is 5.46. The zero-order valence-corrected chi connectivity index (χ0v) is 11.3. The Balaban J connectivity index is 1.81. The van der Waals surface area contributed by atoms with Crippen molar-refractivity contribution in [3.8, 4) is 0 Å². The van der Waals surface area contributed by atoms with Crippen molar-refractivity contribution in [1.82, 2.24) is 0 Å². The number of nitro groups is 1. The highest BCUT2D eigenvalue weighted by Crippen LogP contribution is 2.37. The Hall–Kier alpha value is -2.27. The van der Waals surface area contributed by atoms with Crippen molar-refractivity contribution in [1.29, 1.82) is 0 Å². The Kier molecular flexibility index (Phi) is 3.43. The standard InChI is InChI=1S/C16H15FN2O2/c17-13-3-1-10(2-4-13)7-12-8-11-9-14(19(20)21)5-6-15(11)16(12)18/h1-6,9,12,16H,7-8,18H2. The first-order valence-electron chi connectivity index (χ1n) is 6.82. The Bertz CT molecular complexity index is 685. The highest BCUT2D eigenvalue weighted by molar-refractivity contribution is 5.44. The molecule has 2 aromatic carbocycles. The summed E-state index contributed by atoms with van der Waals surface area (Å²) in [6, 6.07) is 11.1. The van der Waals surface area contributed by atoms with Gasteiger partial charge in [-0.05, 0) is 47.6 Å². The summed E-state index contributed by atoms with van der Waals surface area (Å²) < 4.78 is 12.9. The Morgan fingerprint density at radius 1 is 1.24 bits per heavy atom. The maximum absolute atomic E-state index is 12.9. The Morgan fingerprint density at radius 2 is 1.95 bits per heavy atom. The third kappa shape index (κ3) is 2.64. The van der Waals surface area contributed by atoms with E-state index in [1.807, 2.05) is 0 Å². The first-order valence-corrected chi connectivity index (χ1v) is 6.82. The molecule has 0 aliphatic heterocycles. The van der Waals surface area contributed by atoms with Crippen molar-refractivity contribution in [2.75, 3.05) is 0 Å². The first-order chi connectivity index (χ1) is 10.0. The maximum Gasteiger partial charge on any atom is 0.269 e. The third-order valence-electron chi connectivity index (χ3n) is 4.10. The zero-order chi connectivity index (χ0) is 15.0. The average molecular weight is 286 g/mol. The van der Waals surface area contributed by atoms with Crippen LogP contribution in [0, 0.1) is 21.8 Å². The van der Waals surface area contributed by atoms with Crippen molar-refractivity contribution in [2.24, 2.45) is 11.7 Å². The SMILES string of the molecule is NC1c2ccc([N+](=O)[O-])cc2CC1Cc1ccc(F)cc1. The fourth-order valence-electron chi connectivity index (χ4n) is 2.99. The van der Waals surface area contributed by atoms with E-state index >= 15 is 0 Å². The number of rotatable bonds is 3. The molecule has 0 spiro atoms. The van der Waals surface area contributed by atoms with Crippen molar-refractivity contribution in [2.45, 2.75) is 18.9 Å². The summed E-state index contributed by atoms with van der Waals surface area (Å²) in [6.07, 6.45) is 1.46. The van der Waals surface area contributed by atoms with E-state index < -0.39 is 0 Å². The van der Waals surface area contributed by atoms with Gasteiger partial charge in [-0.25, -0.2) is 4.39 Å². The number of benzene rings is 2. The lowest BCUT2D eigenvalue weighted by molar-refractivity contribution is -0.384. The van der Waals surface area contributed by atoms with Gasteiger partial charge in [-0.2, -0.15) is 0 Å². The van der Waals surface area contributed by atoms with Crippen LogP contribution in [0.3, 0.4) is 0 Å². The van der Waals surface area contributed by atoms with E-state index in [-0.39, 0.29) is 28.4 Å². The molecule has 108 valence electrons. The average Bonchev–Trinajstić information content (AvgIpc) is 2.77. The summed E-state index contributed by atoms with van der Waals surface area (Å²) in [4.78, 5) is 10.4. The maximum atomic E-state index is 12.9. The molecule has 1 aliphatic rings. The molecule has 0 saturated heterocycles. The molecule has 4 nitrogen and oxygen atoms in total. The number of nitrogens with zero attached hydrogens (tertiary/aromatic N) is 1. The van der Waals surface area contributed by atoms with Crippen molar-refractivity contribution in [3.05, 3.63) is 75.1 Å². The van der Waals surface area contributed by atoms with Crippen LogP contribution in [0.15, 0.2) is 42.5 Å². The van der Waals surface area contributed by atoms with Crippen LogP contribution in [0.5, 0.6) is 0 Å². The molecule has 0 bridgehead atoms. The van der Waals surface area contributed by atoms with Crippen LogP contribution < -0.4 is 5.73 Å². The third-order valence-corrected chi connectivity index (χ3v) is 4.10. The molecule has 0 saturated carbocycles. The van der Waals surface area contributed by atoms with Crippen molar-refractivity contribution < 1.29 is 9.31 Å². The molecule has 2 aromatic rings. The van der Waals surface area contributed by atoms with Crippen molar-refractivity contribution >= 4 is 5.69 Å². The predicted molar refractivity (Wildman–Crippen MR) is 77.3 cm³/mol. The summed E-state index contributed by atoms with van der Waals surface area (Å²) in [5.41, 5.74) is 9.31. The second kappa shape index (κ2) is 5.26. The molecule has 0 aromatic heterocycles. The quantitative estimate of drug-likeness (QED) is 0.696. The number of nitrogens with two attached hydrogens (primary N) is 1. The zero-order valence-electron chi connectivity index (χ0n) is 11.3. The Labute approximate surface area is 121 Å². The van der Waals surface area contributed by atoms with Gasteiger partial charge < -0.3 is 5.73 Å². The number of halogens is 1. The van der Waals surface area contributed by atoms with Gasteiger partial charge in [-0.3, -0.25) is 10.1 Å². The molecule has 2 N–H and O–H groups in total. The minimum Gasteiger partial charge on any atom is -0.324 e. The van der Waals surface area contributed by atoms with E-state index in [0.29, 0.717) is 0 Å². The molecular weight excluding hydrogens is 271 g/mol. The monoisotopic (exact) mass is 286 g/mol. The van der Waals surface area contributed by atoms with Gasteiger partial charge in [0.2, 0.25) is 0 Å². The smallest absolute Gasteiger partial charge is 0.269 e. The van der Waals surface area contributed by atoms with Gasteiger partial charge in [0.25, 0.3) is 5.69 Å². The lowest BCUT2D eigenvalue weighted by atomic mass is 9.93. The van der Waals surface area contributed by atoms with Gasteiger partial charge in [0, 0.05) is 18.2 Å². The van der Waals surface area contributed by atoms with E-state index in [9.17, 15) is 14.5 Å². The van der Waals surface area contributed by atoms with Gasteiger partial charge in [-0.15, -0.1) is 0 Å². The number of non-ortho nitro benzene ring substituents is 1. The lowest BCUT2D eigenvalue weighted by Crippen LogP contribution is -2.18.